The van der Waals surface area contributed by atoms with E-state index in [2.05, 4.69) is 64.4 Å². The van der Waals surface area contributed by atoms with Gasteiger partial charge in [0.25, 0.3) is 0 Å². The number of rotatable bonds is 4. The fraction of sp³-hybridized carbons (Fsp3) is 0.611. The highest BCUT2D eigenvalue weighted by Crippen LogP contribution is 2.29. The molecule has 126 valence electrons. The van der Waals surface area contributed by atoms with Crippen molar-refractivity contribution in [3.05, 3.63) is 35.9 Å². The first-order chi connectivity index (χ1) is 11.3. The van der Waals surface area contributed by atoms with E-state index in [-0.39, 0.29) is 6.10 Å². The quantitative estimate of drug-likeness (QED) is 0.918. The normalized spacial score (nSPS) is 26.0. The zero-order valence-corrected chi connectivity index (χ0v) is 14.2. The molecule has 1 fully saturated rings. The number of guanidine groups is 1. The standard InChI is InChI=1S/C18H28N4O/c1-3-22-12-13-23-16(17(22)15-8-5-4-6-9-15)14-20-18-19-10-7-11-21(18)2/h4-6,8-9,16-17H,3,7,10-14H2,1-2H3,(H,19,20)/t16-,17-/m0/s1. The molecule has 2 aliphatic rings. The second-order valence-electron chi connectivity index (χ2n) is 6.25. The van der Waals surface area contributed by atoms with E-state index < -0.39 is 0 Å². The van der Waals surface area contributed by atoms with Crippen LogP contribution in [0.25, 0.3) is 0 Å². The highest BCUT2D eigenvalue weighted by molar-refractivity contribution is 5.80. The van der Waals surface area contributed by atoms with Crippen LogP contribution >= 0.6 is 0 Å². The van der Waals surface area contributed by atoms with Gasteiger partial charge in [-0.15, -0.1) is 0 Å². The lowest BCUT2D eigenvalue weighted by Gasteiger charge is -2.41. The van der Waals surface area contributed by atoms with Crippen LogP contribution in [0.1, 0.15) is 24.9 Å². The molecule has 0 unspecified atom stereocenters. The smallest absolute Gasteiger partial charge is 0.193 e. The lowest BCUT2D eigenvalue weighted by molar-refractivity contribution is -0.0679. The summed E-state index contributed by atoms with van der Waals surface area (Å²) in [4.78, 5) is 9.30. The summed E-state index contributed by atoms with van der Waals surface area (Å²) in [6, 6.07) is 11.0. The Kier molecular flexibility index (Phi) is 5.51. The van der Waals surface area contributed by atoms with Gasteiger partial charge < -0.3 is 15.0 Å². The minimum Gasteiger partial charge on any atom is -0.373 e. The Labute approximate surface area is 139 Å². The zero-order valence-electron chi connectivity index (χ0n) is 14.2. The minimum atomic E-state index is 0.143. The van der Waals surface area contributed by atoms with Crippen molar-refractivity contribution in [2.24, 2.45) is 4.99 Å². The summed E-state index contributed by atoms with van der Waals surface area (Å²) in [5.41, 5.74) is 1.33. The average molecular weight is 316 g/mol. The van der Waals surface area contributed by atoms with Crippen LogP contribution in [0.2, 0.25) is 0 Å². The van der Waals surface area contributed by atoms with Crippen molar-refractivity contribution < 1.29 is 4.74 Å². The fourth-order valence-electron chi connectivity index (χ4n) is 3.49. The monoisotopic (exact) mass is 316 g/mol. The van der Waals surface area contributed by atoms with Crippen LogP contribution in [-0.2, 0) is 4.74 Å². The first-order valence-electron chi connectivity index (χ1n) is 8.69. The Hall–Kier alpha value is -1.59. The largest absolute Gasteiger partial charge is 0.373 e. The van der Waals surface area contributed by atoms with Crippen molar-refractivity contribution in [3.8, 4) is 0 Å². The number of aliphatic imine (C=N–C) groups is 1. The number of hydrogen-bond acceptors (Lipinski definition) is 5. The summed E-state index contributed by atoms with van der Waals surface area (Å²) in [5.74, 6) is 1.00. The van der Waals surface area contributed by atoms with E-state index in [1.165, 1.54) is 5.56 Å². The Morgan fingerprint density at radius 3 is 2.83 bits per heavy atom. The number of likely N-dealkylation sites (N-methyl/N-ethyl adjacent to an activating group) is 1. The Balaban J connectivity index is 1.71. The fourth-order valence-corrected chi connectivity index (χ4v) is 3.49. The van der Waals surface area contributed by atoms with Crippen LogP contribution in [0.4, 0.5) is 0 Å². The van der Waals surface area contributed by atoms with E-state index in [0.717, 1.165) is 51.7 Å². The van der Waals surface area contributed by atoms with Gasteiger partial charge in [0.05, 0.1) is 18.8 Å². The predicted molar refractivity (Wildman–Crippen MR) is 93.7 cm³/mol. The number of ether oxygens (including phenoxy) is 1. The molecule has 1 aromatic carbocycles. The number of hydrogen-bond donors (Lipinski definition) is 1. The maximum absolute atomic E-state index is 6.13. The van der Waals surface area contributed by atoms with E-state index >= 15 is 0 Å². The molecule has 1 aromatic rings. The number of nitrogens with one attached hydrogen (secondary N) is 1. The van der Waals surface area contributed by atoms with Crippen molar-refractivity contribution >= 4 is 5.96 Å². The van der Waals surface area contributed by atoms with Crippen LogP contribution in [0.5, 0.6) is 0 Å². The summed E-state index contributed by atoms with van der Waals surface area (Å²) in [6.07, 6.45) is 1.28. The molecule has 0 aliphatic carbocycles. The lowest BCUT2D eigenvalue weighted by atomic mass is 9.98. The molecule has 2 aliphatic heterocycles. The molecule has 0 saturated carbocycles. The van der Waals surface area contributed by atoms with Crippen LogP contribution in [0, 0.1) is 0 Å². The average Bonchev–Trinajstić information content (AvgIpc) is 2.61. The summed E-state index contributed by atoms with van der Waals surface area (Å²) in [7, 11) is 2.10. The molecule has 0 spiro atoms. The van der Waals surface area contributed by atoms with Crippen LogP contribution in [-0.4, -0.2) is 68.2 Å². The van der Waals surface area contributed by atoms with E-state index in [1.54, 1.807) is 0 Å². The maximum atomic E-state index is 6.13. The number of benzene rings is 1. The van der Waals surface area contributed by atoms with Crippen molar-refractivity contribution in [1.82, 2.24) is 15.1 Å². The maximum Gasteiger partial charge on any atom is 0.193 e. The van der Waals surface area contributed by atoms with Crippen LogP contribution in [0.3, 0.4) is 0 Å². The van der Waals surface area contributed by atoms with Gasteiger partial charge >= 0.3 is 0 Å². The SMILES string of the molecule is CCN1CCO[C@@H](CNC2=NCCCN2C)[C@@H]1c1ccccc1. The van der Waals surface area contributed by atoms with Crippen molar-refractivity contribution in [2.45, 2.75) is 25.5 Å². The highest BCUT2D eigenvalue weighted by atomic mass is 16.5. The molecule has 0 aromatic heterocycles. The van der Waals surface area contributed by atoms with Gasteiger partial charge in [0.2, 0.25) is 0 Å². The molecule has 2 atom stereocenters. The third-order valence-electron chi connectivity index (χ3n) is 4.74. The first kappa shape index (κ1) is 16.3. The minimum absolute atomic E-state index is 0.143. The second kappa shape index (κ2) is 7.79. The molecule has 3 rings (SSSR count). The molecule has 0 bridgehead atoms. The van der Waals surface area contributed by atoms with Gasteiger partial charge in [-0.05, 0) is 18.5 Å². The molecule has 1 N–H and O–H groups in total. The van der Waals surface area contributed by atoms with Crippen molar-refractivity contribution in [3.63, 3.8) is 0 Å². The van der Waals surface area contributed by atoms with Gasteiger partial charge in [-0.3, -0.25) is 9.89 Å². The van der Waals surface area contributed by atoms with Gasteiger partial charge in [-0.25, -0.2) is 0 Å². The van der Waals surface area contributed by atoms with Gasteiger partial charge in [0, 0.05) is 33.2 Å². The van der Waals surface area contributed by atoms with Gasteiger partial charge in [0.15, 0.2) is 5.96 Å². The molecule has 5 nitrogen and oxygen atoms in total. The first-order valence-corrected chi connectivity index (χ1v) is 8.69. The predicted octanol–water partition coefficient (Wildman–Crippen LogP) is 1.73. The van der Waals surface area contributed by atoms with E-state index in [4.69, 9.17) is 4.74 Å². The Morgan fingerprint density at radius 2 is 2.09 bits per heavy atom. The summed E-state index contributed by atoms with van der Waals surface area (Å²) < 4.78 is 6.13. The second-order valence-corrected chi connectivity index (χ2v) is 6.25. The molecular formula is C18H28N4O. The van der Waals surface area contributed by atoms with Gasteiger partial charge in [0.1, 0.15) is 0 Å². The van der Waals surface area contributed by atoms with Crippen LogP contribution in [0.15, 0.2) is 35.3 Å². The third-order valence-corrected chi connectivity index (χ3v) is 4.74. The molecular weight excluding hydrogens is 288 g/mol. The zero-order chi connectivity index (χ0) is 16.1. The van der Waals surface area contributed by atoms with Crippen LogP contribution < -0.4 is 5.32 Å². The van der Waals surface area contributed by atoms with Crippen molar-refractivity contribution in [2.75, 3.05) is 46.4 Å². The summed E-state index contributed by atoms with van der Waals surface area (Å²) in [5, 5.41) is 3.51. The summed E-state index contributed by atoms with van der Waals surface area (Å²) in [6.45, 7) is 7.84. The third kappa shape index (κ3) is 3.85. The lowest BCUT2D eigenvalue weighted by Crippen LogP contribution is -2.52. The van der Waals surface area contributed by atoms with Crippen molar-refractivity contribution in [1.29, 1.82) is 0 Å². The molecule has 2 heterocycles. The number of nitrogens with zero attached hydrogens (tertiary/aromatic N) is 3. The molecule has 5 heteroatoms. The highest BCUT2D eigenvalue weighted by Gasteiger charge is 2.32. The molecule has 1 saturated heterocycles. The van der Waals surface area contributed by atoms with E-state index in [0.29, 0.717) is 6.04 Å². The topological polar surface area (TPSA) is 40.1 Å². The molecule has 23 heavy (non-hydrogen) atoms. The summed E-state index contributed by atoms with van der Waals surface area (Å²) >= 11 is 0. The van der Waals surface area contributed by atoms with Gasteiger partial charge in [-0.2, -0.15) is 0 Å². The van der Waals surface area contributed by atoms with E-state index in [9.17, 15) is 0 Å². The molecule has 0 radical (unpaired) electrons. The van der Waals surface area contributed by atoms with E-state index in [1.807, 2.05) is 0 Å². The number of morpholine rings is 1. The van der Waals surface area contributed by atoms with Gasteiger partial charge in [-0.1, -0.05) is 37.3 Å². The Bertz CT molecular complexity index is 519. The molecule has 0 amide bonds. The Morgan fingerprint density at radius 1 is 1.26 bits per heavy atom.